The zero-order valence-corrected chi connectivity index (χ0v) is 24.2. The van der Waals surface area contributed by atoms with Gasteiger partial charge in [-0.15, -0.1) is 0 Å². The Morgan fingerprint density at radius 3 is 2.57 bits per heavy atom. The Bertz CT molecular complexity index is 1190. The van der Waals surface area contributed by atoms with E-state index in [1.54, 1.807) is 12.0 Å². The van der Waals surface area contributed by atoms with Crippen LogP contribution in [-0.4, -0.2) is 85.0 Å². The Hall–Kier alpha value is -2.80. The number of hydrogen-bond donors (Lipinski definition) is 2. The molecule has 0 unspecified atom stereocenters. The highest BCUT2D eigenvalue weighted by Crippen LogP contribution is 2.32. The number of nitrogens with one attached hydrogen (secondary N) is 2. The Labute approximate surface area is 244 Å². The Morgan fingerprint density at radius 2 is 1.86 bits per heavy atom. The summed E-state index contributed by atoms with van der Waals surface area (Å²) in [6, 6.07) is 9.85. The number of anilines is 1. The van der Waals surface area contributed by atoms with E-state index in [9.17, 15) is 18.0 Å². The number of nitrogens with zero attached hydrogens (tertiary/aromatic N) is 3. The summed E-state index contributed by atoms with van der Waals surface area (Å²) in [6.45, 7) is 4.34. The number of carbonyl (C=O) groups is 1. The summed E-state index contributed by atoms with van der Waals surface area (Å²) in [7, 11) is 1.67. The molecular weight excluding hydrogens is 551 g/mol. The second-order valence-corrected chi connectivity index (χ2v) is 11.4. The predicted octanol–water partition coefficient (Wildman–Crippen LogP) is 4.52. The van der Waals surface area contributed by atoms with Crippen LogP contribution in [-0.2, 0) is 20.4 Å². The number of ether oxygens (including phenoxy) is 3. The van der Waals surface area contributed by atoms with E-state index in [0.717, 1.165) is 31.2 Å². The molecule has 0 saturated carbocycles. The van der Waals surface area contributed by atoms with Crippen molar-refractivity contribution in [3.05, 3.63) is 53.0 Å². The van der Waals surface area contributed by atoms with Crippen molar-refractivity contribution in [3.8, 4) is 0 Å². The molecule has 3 fully saturated rings. The molecular formula is C30H40F3N5O4. The van der Waals surface area contributed by atoms with Gasteiger partial charge >= 0.3 is 6.18 Å². The maximum absolute atomic E-state index is 13.7. The van der Waals surface area contributed by atoms with Crippen LogP contribution in [0.5, 0.6) is 0 Å². The lowest BCUT2D eigenvalue weighted by molar-refractivity contribution is -0.144. The van der Waals surface area contributed by atoms with E-state index < -0.39 is 17.9 Å². The quantitative estimate of drug-likeness (QED) is 0.463. The lowest BCUT2D eigenvalue weighted by atomic mass is 9.97. The highest BCUT2D eigenvalue weighted by Gasteiger charge is 2.37. The molecule has 42 heavy (non-hydrogen) atoms. The molecule has 0 radical (unpaired) electrons. The average molecular weight is 592 g/mol. The zero-order valence-electron chi connectivity index (χ0n) is 24.2. The second kappa shape index (κ2) is 13.7. The maximum atomic E-state index is 13.7. The number of amides is 1. The van der Waals surface area contributed by atoms with Crippen LogP contribution in [0.3, 0.4) is 0 Å². The van der Waals surface area contributed by atoms with Crippen molar-refractivity contribution >= 4 is 11.7 Å². The molecule has 3 aliphatic rings. The predicted molar refractivity (Wildman–Crippen MR) is 150 cm³/mol. The number of carbonyl (C=O) groups excluding carboxylic acids is 1. The minimum absolute atomic E-state index is 0.0290. The molecule has 0 aliphatic carbocycles. The Morgan fingerprint density at radius 1 is 1.10 bits per heavy atom. The van der Waals surface area contributed by atoms with E-state index >= 15 is 0 Å². The van der Waals surface area contributed by atoms with Crippen molar-refractivity contribution in [2.75, 3.05) is 45.3 Å². The number of likely N-dealkylation sites (tertiary alicyclic amines) is 1. The Kier molecular flexibility index (Phi) is 9.97. The van der Waals surface area contributed by atoms with Gasteiger partial charge in [-0.05, 0) is 51.0 Å². The first kappa shape index (κ1) is 30.7. The normalized spacial score (nSPS) is 25.8. The summed E-state index contributed by atoms with van der Waals surface area (Å²) in [4.78, 5) is 22.2. The van der Waals surface area contributed by atoms with E-state index in [1.165, 1.54) is 11.6 Å². The summed E-state index contributed by atoms with van der Waals surface area (Å²) in [5.41, 5.74) is 1.99. The van der Waals surface area contributed by atoms with Crippen LogP contribution in [0.2, 0.25) is 0 Å². The summed E-state index contributed by atoms with van der Waals surface area (Å²) in [5.74, 6) is -1.90. The van der Waals surface area contributed by atoms with Crippen molar-refractivity contribution in [3.63, 3.8) is 0 Å². The molecule has 0 bridgehead atoms. The monoisotopic (exact) mass is 591 g/mol. The molecule has 0 spiro atoms. The number of aryl methyl sites for hydroxylation is 1. The van der Waals surface area contributed by atoms with Crippen LogP contribution < -0.4 is 10.6 Å². The Balaban J connectivity index is 1.20. The fraction of sp³-hybridized carbons (Fsp3) is 0.633. The van der Waals surface area contributed by atoms with Gasteiger partial charge in [-0.1, -0.05) is 29.8 Å². The van der Waals surface area contributed by atoms with Crippen molar-refractivity contribution in [1.82, 2.24) is 20.2 Å². The minimum Gasteiger partial charge on any atom is -0.379 e. The molecule has 3 saturated heterocycles. The highest BCUT2D eigenvalue weighted by atomic mass is 19.4. The zero-order chi connectivity index (χ0) is 29.7. The van der Waals surface area contributed by atoms with Crippen LogP contribution in [0.25, 0.3) is 0 Å². The highest BCUT2D eigenvalue weighted by molar-refractivity contribution is 5.93. The molecule has 9 nitrogen and oxygen atoms in total. The molecule has 3 aliphatic heterocycles. The van der Waals surface area contributed by atoms with Gasteiger partial charge in [0, 0.05) is 51.5 Å². The SMILES string of the molecule is CO[C@@H]1COCC[C@@H]1NC1CCN(C(=O)c2cc(NC[C@H]3CCC[C@@H](c4ccc(C)cc4)O3)nc(C(F)(F)F)n2)CC1. The maximum Gasteiger partial charge on any atom is 0.451 e. The molecule has 1 aromatic carbocycles. The van der Waals surface area contributed by atoms with E-state index in [0.29, 0.717) is 39.1 Å². The second-order valence-electron chi connectivity index (χ2n) is 11.4. The molecule has 4 heterocycles. The first-order chi connectivity index (χ1) is 20.2. The van der Waals surface area contributed by atoms with Crippen molar-refractivity contribution in [1.29, 1.82) is 0 Å². The third-order valence-electron chi connectivity index (χ3n) is 8.35. The number of methoxy groups -OCH3 is 1. The van der Waals surface area contributed by atoms with E-state index in [1.807, 2.05) is 31.2 Å². The molecule has 5 rings (SSSR count). The van der Waals surface area contributed by atoms with Crippen LogP contribution >= 0.6 is 0 Å². The van der Waals surface area contributed by atoms with Crippen LogP contribution in [0.15, 0.2) is 30.3 Å². The summed E-state index contributed by atoms with van der Waals surface area (Å²) in [5, 5.41) is 6.61. The number of halogens is 3. The van der Waals surface area contributed by atoms with Gasteiger partial charge in [0.2, 0.25) is 5.82 Å². The third-order valence-corrected chi connectivity index (χ3v) is 8.35. The van der Waals surface area contributed by atoms with Gasteiger partial charge < -0.3 is 29.7 Å². The van der Waals surface area contributed by atoms with Gasteiger partial charge in [-0.2, -0.15) is 13.2 Å². The van der Waals surface area contributed by atoms with Gasteiger partial charge in [-0.3, -0.25) is 4.79 Å². The lowest BCUT2D eigenvalue weighted by Crippen LogP contribution is -2.54. The van der Waals surface area contributed by atoms with Crippen molar-refractivity contribution in [2.24, 2.45) is 0 Å². The molecule has 1 amide bonds. The van der Waals surface area contributed by atoms with Gasteiger partial charge in [0.25, 0.3) is 5.91 Å². The van der Waals surface area contributed by atoms with Gasteiger partial charge in [0.1, 0.15) is 11.5 Å². The topological polar surface area (TPSA) is 97.8 Å². The first-order valence-corrected chi connectivity index (χ1v) is 14.8. The fourth-order valence-corrected chi connectivity index (χ4v) is 5.92. The van der Waals surface area contributed by atoms with E-state index in [4.69, 9.17) is 14.2 Å². The summed E-state index contributed by atoms with van der Waals surface area (Å²) >= 11 is 0. The standard InChI is InChI=1S/C30H40F3N5O4/c1-19-6-8-20(9-7-19)25-5-3-4-22(42-25)17-34-27-16-24(36-29(37-27)30(31,32)33)28(39)38-13-10-21(11-14-38)35-23-12-15-41-18-26(23)40-2/h6-9,16,21-23,25-26,35H,3-5,10-15,17-18H2,1-2H3,(H,34,36,37)/t22-,23+,25+,26-/m1/s1. The van der Waals surface area contributed by atoms with Gasteiger partial charge in [0.05, 0.1) is 24.9 Å². The number of piperidine rings is 1. The fourth-order valence-electron chi connectivity index (χ4n) is 5.92. The average Bonchev–Trinajstić information content (AvgIpc) is 3.00. The number of rotatable bonds is 8. The third kappa shape index (κ3) is 7.77. The van der Waals surface area contributed by atoms with Crippen LogP contribution in [0, 0.1) is 6.92 Å². The number of alkyl halides is 3. The molecule has 2 N–H and O–H groups in total. The van der Waals surface area contributed by atoms with E-state index in [-0.39, 0.29) is 48.5 Å². The van der Waals surface area contributed by atoms with Crippen LogP contribution in [0.4, 0.5) is 19.0 Å². The van der Waals surface area contributed by atoms with Crippen LogP contribution in [0.1, 0.15) is 72.1 Å². The number of benzene rings is 1. The smallest absolute Gasteiger partial charge is 0.379 e. The molecule has 230 valence electrons. The summed E-state index contributed by atoms with van der Waals surface area (Å²) in [6.07, 6.45) is -0.269. The van der Waals surface area contributed by atoms with Gasteiger partial charge in [0.15, 0.2) is 0 Å². The van der Waals surface area contributed by atoms with Crippen molar-refractivity contribution < 1.29 is 32.2 Å². The largest absolute Gasteiger partial charge is 0.451 e. The lowest BCUT2D eigenvalue weighted by Gasteiger charge is -2.38. The number of hydrogen-bond acceptors (Lipinski definition) is 8. The number of aromatic nitrogens is 2. The molecule has 4 atom stereocenters. The van der Waals surface area contributed by atoms with E-state index in [2.05, 4.69) is 20.6 Å². The molecule has 1 aromatic heterocycles. The minimum atomic E-state index is -4.79. The first-order valence-electron chi connectivity index (χ1n) is 14.8. The van der Waals surface area contributed by atoms with Crippen molar-refractivity contribution in [2.45, 2.75) is 82.0 Å². The van der Waals surface area contributed by atoms with Gasteiger partial charge in [-0.25, -0.2) is 9.97 Å². The molecule has 12 heteroatoms. The summed E-state index contributed by atoms with van der Waals surface area (Å²) < 4.78 is 58.4. The molecule has 2 aromatic rings.